The molecule has 0 unspecified atom stereocenters. The average Bonchev–Trinajstić information content (AvgIpc) is 3.26. The van der Waals surface area contributed by atoms with Crippen LogP contribution in [0.2, 0.25) is 0 Å². The van der Waals surface area contributed by atoms with E-state index >= 15 is 0 Å². The van der Waals surface area contributed by atoms with Crippen LogP contribution in [0.4, 0.5) is 4.79 Å². The molecule has 34 heavy (non-hydrogen) atoms. The van der Waals surface area contributed by atoms with Crippen molar-refractivity contribution in [3.8, 4) is 0 Å². The van der Waals surface area contributed by atoms with Crippen LogP contribution in [0, 0.1) is 0 Å². The molecule has 0 aromatic carbocycles. The Bertz CT molecular complexity index is 1060. The molecule has 2 atom stereocenters. The number of rotatable bonds is 7. The molecule has 3 heterocycles. The first-order valence-electron chi connectivity index (χ1n) is 8.91. The van der Waals surface area contributed by atoms with Gasteiger partial charge in [-0.05, 0) is 12.1 Å². The number of carbonyl (C=O) groups is 4. The van der Waals surface area contributed by atoms with Gasteiger partial charge >= 0.3 is 19.9 Å². The Morgan fingerprint density at radius 2 is 2.03 bits per heavy atom. The van der Waals surface area contributed by atoms with Gasteiger partial charge in [-0.2, -0.15) is 0 Å². The number of carboxylic acids is 1. The number of aliphatic carboxylic acids is 1. The van der Waals surface area contributed by atoms with Crippen LogP contribution in [0.15, 0.2) is 39.2 Å². The van der Waals surface area contributed by atoms with E-state index in [-0.39, 0.29) is 35.1 Å². The predicted molar refractivity (Wildman–Crippen MR) is 112 cm³/mol. The van der Waals surface area contributed by atoms with Crippen LogP contribution in [0.5, 0.6) is 0 Å². The zero-order chi connectivity index (χ0) is 25.6. The highest BCUT2D eigenvalue weighted by molar-refractivity contribution is 8.00. The number of hydrogen-bond donors (Lipinski definition) is 6. The summed E-state index contributed by atoms with van der Waals surface area (Å²) in [6.45, 7) is -0.347. The molecule has 3 amide bonds. The second-order valence-electron chi connectivity index (χ2n) is 6.34. The number of oxime groups is 1. The first kappa shape index (κ1) is 26.9. The highest BCUT2D eigenvalue weighted by Crippen LogP contribution is 2.40. The van der Waals surface area contributed by atoms with Crippen molar-refractivity contribution < 1.29 is 57.5 Å². The highest BCUT2D eigenvalue weighted by atomic mass is 32.2. The number of ether oxygens (including phenoxy) is 1. The Labute approximate surface area is 194 Å². The number of phosphoric acid groups is 1. The van der Waals surface area contributed by atoms with E-state index in [1.54, 1.807) is 6.07 Å². The lowest BCUT2D eigenvalue weighted by atomic mass is 10.0. The van der Waals surface area contributed by atoms with E-state index in [1.807, 2.05) is 0 Å². The number of fused-ring (bicyclic) bond motifs is 1. The first-order valence-corrected chi connectivity index (χ1v) is 11.5. The lowest BCUT2D eigenvalue weighted by Crippen LogP contribution is -2.71. The van der Waals surface area contributed by atoms with Gasteiger partial charge in [-0.15, -0.1) is 11.8 Å². The number of hydrogen-bond acceptors (Lipinski definition) is 10. The van der Waals surface area contributed by atoms with Gasteiger partial charge in [-0.25, -0.2) is 14.2 Å². The van der Waals surface area contributed by atoms with Crippen LogP contribution in [-0.2, 0) is 28.5 Å². The minimum absolute atomic E-state index is 0.140. The van der Waals surface area contributed by atoms with Crippen molar-refractivity contribution in [3.63, 3.8) is 0 Å². The molecule has 0 spiro atoms. The maximum absolute atomic E-state index is 12.6. The number of amides is 3. The average molecular weight is 522 g/mol. The van der Waals surface area contributed by atoms with Crippen molar-refractivity contribution in [1.82, 2.24) is 10.2 Å². The standard InChI is InChI=1S/C16H16N4O8S.H3O4P/c1-26-19-9(8-3-2-4-27-8)12(21)18-10-13(22)20-11(15(23)24)7(5-28-16(17)25)6-29-14(10)20;1-5(2,3)4/h2-4,10,14H,5-6H2,1H3,(H2,17,25)(H,18,21)(H,23,24);(H3,1,2,3,4)/b19-9-;/t10-,14-;/m1./s1. The van der Waals surface area contributed by atoms with Gasteiger partial charge in [-0.1, -0.05) is 5.16 Å². The van der Waals surface area contributed by atoms with Gasteiger partial charge in [0.2, 0.25) is 5.71 Å². The maximum atomic E-state index is 12.6. The minimum atomic E-state index is -4.64. The van der Waals surface area contributed by atoms with Crippen molar-refractivity contribution in [3.05, 3.63) is 35.4 Å². The normalized spacial score (nSPS) is 19.8. The quantitative estimate of drug-likeness (QED) is 0.104. The second kappa shape index (κ2) is 11.2. The van der Waals surface area contributed by atoms with Gasteiger partial charge in [0.05, 0.1) is 6.26 Å². The molecule has 0 aliphatic carbocycles. The van der Waals surface area contributed by atoms with Crippen LogP contribution < -0.4 is 11.1 Å². The van der Waals surface area contributed by atoms with Gasteiger partial charge in [-0.3, -0.25) is 14.5 Å². The Hall–Kier alpha value is -3.37. The number of thioether (sulfide) groups is 1. The Balaban J connectivity index is 0.000000739. The molecule has 1 aromatic heterocycles. The third-order valence-electron chi connectivity index (χ3n) is 4.08. The maximum Gasteiger partial charge on any atom is 0.466 e. The summed E-state index contributed by atoms with van der Waals surface area (Å²) in [5.41, 5.74) is 4.68. The molecule has 18 heteroatoms. The monoisotopic (exact) mass is 522 g/mol. The highest BCUT2D eigenvalue weighted by Gasteiger charge is 2.54. The van der Waals surface area contributed by atoms with E-state index in [9.17, 15) is 24.3 Å². The molecule has 7 N–H and O–H groups in total. The van der Waals surface area contributed by atoms with Crippen molar-refractivity contribution in [2.45, 2.75) is 11.4 Å². The van der Waals surface area contributed by atoms with Crippen LogP contribution >= 0.6 is 19.6 Å². The van der Waals surface area contributed by atoms with Gasteiger partial charge in [0, 0.05) is 11.3 Å². The summed E-state index contributed by atoms with van der Waals surface area (Å²) in [7, 11) is -3.39. The summed E-state index contributed by atoms with van der Waals surface area (Å²) in [5.74, 6) is -2.38. The third-order valence-corrected chi connectivity index (χ3v) is 5.42. The molecule has 1 saturated heterocycles. The summed E-state index contributed by atoms with van der Waals surface area (Å²) in [5, 5.41) is 15.0. The fourth-order valence-corrected chi connectivity index (χ4v) is 4.19. The summed E-state index contributed by atoms with van der Waals surface area (Å²) < 4.78 is 18.7. The van der Waals surface area contributed by atoms with Crippen molar-refractivity contribution >= 4 is 49.2 Å². The minimum Gasteiger partial charge on any atom is -0.477 e. The van der Waals surface area contributed by atoms with Crippen LogP contribution in [0.3, 0.4) is 0 Å². The van der Waals surface area contributed by atoms with Crippen molar-refractivity contribution in [2.24, 2.45) is 10.9 Å². The summed E-state index contributed by atoms with van der Waals surface area (Å²) in [4.78, 5) is 74.8. The van der Waals surface area contributed by atoms with Crippen molar-refractivity contribution in [2.75, 3.05) is 19.5 Å². The number of furan rings is 1. The zero-order valence-electron chi connectivity index (χ0n) is 17.2. The molecule has 0 bridgehead atoms. The number of carboxylic acid groups (broad SMARTS) is 1. The molecular weight excluding hydrogens is 503 g/mol. The lowest BCUT2D eigenvalue weighted by molar-refractivity contribution is -0.150. The van der Waals surface area contributed by atoms with E-state index in [0.29, 0.717) is 0 Å². The third kappa shape index (κ3) is 6.82. The predicted octanol–water partition coefficient (Wildman–Crippen LogP) is -1.46. The van der Waals surface area contributed by atoms with E-state index in [4.69, 9.17) is 29.4 Å². The number of primary amides is 1. The molecule has 0 radical (unpaired) electrons. The molecule has 3 rings (SSSR count). The number of nitrogens with one attached hydrogen (secondary N) is 1. The number of carbonyl (C=O) groups excluding carboxylic acids is 3. The fourth-order valence-electron chi connectivity index (χ4n) is 2.87. The van der Waals surface area contributed by atoms with E-state index in [2.05, 4.69) is 20.0 Å². The fraction of sp³-hybridized carbons (Fsp3) is 0.312. The second-order valence-corrected chi connectivity index (χ2v) is 8.47. The summed E-state index contributed by atoms with van der Waals surface area (Å²) >= 11 is 1.21. The van der Waals surface area contributed by atoms with Crippen molar-refractivity contribution in [1.29, 1.82) is 0 Å². The Morgan fingerprint density at radius 3 is 2.53 bits per heavy atom. The van der Waals surface area contributed by atoms with Gasteiger partial charge < -0.3 is 44.8 Å². The van der Waals surface area contributed by atoms with Gasteiger partial charge in [0.25, 0.3) is 11.8 Å². The van der Waals surface area contributed by atoms with Crippen LogP contribution in [-0.4, -0.2) is 85.2 Å². The Kier molecular flexibility index (Phi) is 8.83. The SMILES string of the molecule is CO/N=C(\C(=O)N[C@@H]1C(=O)N2C(C(=O)O)=C(COC(N)=O)CS[C@H]12)c1ccco1.O=P(O)(O)O. The molecule has 2 aliphatic rings. The number of β-lactam (4-membered cyclic amide) rings is 1. The van der Waals surface area contributed by atoms with Crippen LogP contribution in [0.25, 0.3) is 0 Å². The molecule has 0 saturated carbocycles. The number of nitrogens with two attached hydrogens (primary N) is 1. The summed E-state index contributed by atoms with van der Waals surface area (Å²) in [6, 6.07) is 2.08. The molecule has 1 aromatic rings. The molecule has 1 fully saturated rings. The smallest absolute Gasteiger partial charge is 0.466 e. The van der Waals surface area contributed by atoms with E-state index in [0.717, 1.165) is 4.90 Å². The zero-order valence-corrected chi connectivity index (χ0v) is 18.9. The molecule has 16 nitrogen and oxygen atoms in total. The van der Waals surface area contributed by atoms with Gasteiger partial charge in [0.15, 0.2) is 5.76 Å². The Morgan fingerprint density at radius 1 is 1.38 bits per heavy atom. The number of nitrogens with zero attached hydrogens (tertiary/aromatic N) is 2. The lowest BCUT2D eigenvalue weighted by Gasteiger charge is -2.49. The topological polar surface area (TPSA) is 252 Å². The van der Waals surface area contributed by atoms with E-state index < -0.39 is 43.1 Å². The molecule has 2 aliphatic heterocycles. The molecular formula is C16H19N4O12PS. The first-order chi connectivity index (χ1) is 15.8. The van der Waals surface area contributed by atoms with E-state index in [1.165, 1.54) is 31.2 Å². The summed E-state index contributed by atoms with van der Waals surface area (Å²) in [6.07, 6.45) is 0.290. The van der Waals surface area contributed by atoms with Crippen LogP contribution in [0.1, 0.15) is 5.76 Å². The molecule has 186 valence electrons. The van der Waals surface area contributed by atoms with Gasteiger partial charge in [0.1, 0.15) is 30.8 Å². The largest absolute Gasteiger partial charge is 0.477 e.